The number of nitrogens with zero attached hydrogens (tertiary/aromatic N) is 3. The molecule has 0 fully saturated rings. The lowest BCUT2D eigenvalue weighted by Crippen LogP contribution is -2.19. The quantitative estimate of drug-likeness (QED) is 0.786. The zero-order valence-corrected chi connectivity index (χ0v) is 12.3. The molecular formula is C13H17N5OS. The van der Waals surface area contributed by atoms with E-state index in [1.54, 1.807) is 18.0 Å². The van der Waals surface area contributed by atoms with Crippen molar-refractivity contribution in [1.82, 2.24) is 20.3 Å². The van der Waals surface area contributed by atoms with Gasteiger partial charge in [0.25, 0.3) is 0 Å². The van der Waals surface area contributed by atoms with Crippen molar-refractivity contribution in [2.45, 2.75) is 18.0 Å². The third kappa shape index (κ3) is 3.82. The number of hydrogen-bond donors (Lipinski definition) is 2. The van der Waals surface area contributed by atoms with Crippen LogP contribution in [-0.2, 0) is 17.9 Å². The number of hydrogen-bond acceptors (Lipinski definition) is 5. The number of nitrogens with one attached hydrogen (secondary N) is 2. The minimum Gasteiger partial charge on any atom is -0.323 e. The fourth-order valence-electron chi connectivity index (χ4n) is 1.76. The van der Waals surface area contributed by atoms with Crippen molar-refractivity contribution in [3.63, 3.8) is 0 Å². The van der Waals surface area contributed by atoms with Crippen LogP contribution in [0.3, 0.4) is 0 Å². The summed E-state index contributed by atoms with van der Waals surface area (Å²) in [6.45, 7) is 0.788. The Morgan fingerprint density at radius 2 is 2.20 bits per heavy atom. The molecule has 0 saturated carbocycles. The van der Waals surface area contributed by atoms with Gasteiger partial charge >= 0.3 is 0 Å². The van der Waals surface area contributed by atoms with Crippen molar-refractivity contribution < 1.29 is 4.79 Å². The molecule has 2 rings (SSSR count). The van der Waals surface area contributed by atoms with E-state index in [9.17, 15) is 4.79 Å². The molecule has 0 aliphatic rings. The summed E-state index contributed by atoms with van der Waals surface area (Å²) in [5, 5.41) is 13.8. The largest absolute Gasteiger partial charge is 0.323 e. The van der Waals surface area contributed by atoms with E-state index in [-0.39, 0.29) is 12.5 Å². The lowest BCUT2D eigenvalue weighted by molar-refractivity contribution is -0.116. The summed E-state index contributed by atoms with van der Waals surface area (Å²) in [6.07, 6.45) is 3.74. The minimum atomic E-state index is -0.118. The second-order valence-corrected chi connectivity index (χ2v) is 5.03. The highest BCUT2D eigenvalue weighted by Gasteiger charge is 2.08. The van der Waals surface area contributed by atoms with Gasteiger partial charge in [-0.2, -0.15) is 0 Å². The standard InChI is InChI=1S/C13H17N5OS/c1-14-7-10-8-18(17-16-10)9-13(19)15-11-5-3-4-6-12(11)20-2/h3-6,8,14H,7,9H2,1-2H3,(H,15,19). The molecule has 0 saturated heterocycles. The summed E-state index contributed by atoms with van der Waals surface area (Å²) in [7, 11) is 1.84. The molecule has 1 aromatic carbocycles. The maximum atomic E-state index is 12.0. The van der Waals surface area contributed by atoms with Gasteiger partial charge in [0, 0.05) is 11.4 Å². The lowest BCUT2D eigenvalue weighted by atomic mass is 10.3. The second-order valence-electron chi connectivity index (χ2n) is 4.19. The average molecular weight is 291 g/mol. The minimum absolute atomic E-state index is 0.118. The molecule has 106 valence electrons. The van der Waals surface area contributed by atoms with Gasteiger partial charge in [-0.1, -0.05) is 17.3 Å². The number of carbonyl (C=O) groups is 1. The van der Waals surface area contributed by atoms with Gasteiger partial charge in [-0.15, -0.1) is 16.9 Å². The lowest BCUT2D eigenvalue weighted by Gasteiger charge is -2.08. The Hall–Kier alpha value is -1.86. The van der Waals surface area contributed by atoms with E-state index >= 15 is 0 Å². The van der Waals surface area contributed by atoms with Gasteiger partial charge in [0.15, 0.2) is 0 Å². The predicted molar refractivity (Wildman–Crippen MR) is 79.6 cm³/mol. The van der Waals surface area contributed by atoms with Crippen LogP contribution < -0.4 is 10.6 Å². The van der Waals surface area contributed by atoms with Crippen LogP contribution in [0.25, 0.3) is 0 Å². The normalized spacial score (nSPS) is 10.5. The maximum Gasteiger partial charge on any atom is 0.246 e. The highest BCUT2D eigenvalue weighted by atomic mass is 32.2. The van der Waals surface area contributed by atoms with E-state index < -0.39 is 0 Å². The molecule has 2 N–H and O–H groups in total. The number of carbonyl (C=O) groups excluding carboxylic acids is 1. The molecule has 1 amide bonds. The van der Waals surface area contributed by atoms with Crippen molar-refractivity contribution in [3.8, 4) is 0 Å². The number of thioether (sulfide) groups is 1. The van der Waals surface area contributed by atoms with Gasteiger partial charge in [0.2, 0.25) is 5.91 Å². The Bertz CT molecular complexity index is 584. The first-order chi connectivity index (χ1) is 9.72. The molecule has 2 aromatic rings. The maximum absolute atomic E-state index is 12.0. The average Bonchev–Trinajstić information content (AvgIpc) is 2.87. The van der Waals surface area contributed by atoms with E-state index in [0.717, 1.165) is 16.3 Å². The zero-order valence-electron chi connectivity index (χ0n) is 11.5. The molecule has 6 nitrogen and oxygen atoms in total. The van der Waals surface area contributed by atoms with Gasteiger partial charge in [-0.3, -0.25) is 4.79 Å². The van der Waals surface area contributed by atoms with Crippen LogP contribution in [0.4, 0.5) is 5.69 Å². The summed E-state index contributed by atoms with van der Waals surface area (Å²) >= 11 is 1.60. The summed E-state index contributed by atoms with van der Waals surface area (Å²) in [5.41, 5.74) is 1.63. The molecule has 0 unspecified atom stereocenters. The number of amides is 1. The first kappa shape index (κ1) is 14.5. The molecule has 0 aliphatic heterocycles. The first-order valence-corrected chi connectivity index (χ1v) is 7.42. The van der Waals surface area contributed by atoms with Crippen molar-refractivity contribution in [2.75, 3.05) is 18.6 Å². The van der Waals surface area contributed by atoms with Gasteiger partial charge in [0.1, 0.15) is 6.54 Å². The van der Waals surface area contributed by atoms with E-state index in [2.05, 4.69) is 20.9 Å². The van der Waals surface area contributed by atoms with Crippen LogP contribution in [0.2, 0.25) is 0 Å². The summed E-state index contributed by atoms with van der Waals surface area (Å²) < 4.78 is 1.53. The van der Waals surface area contributed by atoms with Crippen molar-refractivity contribution >= 4 is 23.4 Å². The molecule has 0 aliphatic carbocycles. The van der Waals surface area contributed by atoms with E-state index in [0.29, 0.717) is 6.54 Å². The number of benzene rings is 1. The molecule has 7 heteroatoms. The number of anilines is 1. The predicted octanol–water partition coefficient (Wildman–Crippen LogP) is 1.36. The van der Waals surface area contributed by atoms with Gasteiger partial charge in [-0.05, 0) is 25.4 Å². The summed E-state index contributed by atoms with van der Waals surface area (Å²) in [4.78, 5) is 13.0. The fourth-order valence-corrected chi connectivity index (χ4v) is 2.32. The van der Waals surface area contributed by atoms with Gasteiger partial charge in [0.05, 0.1) is 17.6 Å². The van der Waals surface area contributed by atoms with E-state index in [1.807, 2.05) is 37.6 Å². The Balaban J connectivity index is 1.97. The van der Waals surface area contributed by atoms with Gasteiger partial charge < -0.3 is 10.6 Å². The Morgan fingerprint density at radius 1 is 1.40 bits per heavy atom. The van der Waals surface area contributed by atoms with Crippen molar-refractivity contribution in [2.24, 2.45) is 0 Å². The molecule has 20 heavy (non-hydrogen) atoms. The van der Waals surface area contributed by atoms with Crippen LogP contribution in [0.15, 0.2) is 35.4 Å². The third-order valence-corrected chi connectivity index (χ3v) is 3.43. The van der Waals surface area contributed by atoms with E-state index in [4.69, 9.17) is 0 Å². The topological polar surface area (TPSA) is 71.8 Å². The summed E-state index contributed by atoms with van der Waals surface area (Å²) in [6, 6.07) is 7.71. The molecule has 0 atom stereocenters. The first-order valence-electron chi connectivity index (χ1n) is 6.19. The van der Waals surface area contributed by atoms with E-state index in [1.165, 1.54) is 4.68 Å². The highest BCUT2D eigenvalue weighted by Crippen LogP contribution is 2.24. The van der Waals surface area contributed by atoms with Crippen LogP contribution >= 0.6 is 11.8 Å². The number of aromatic nitrogens is 3. The van der Waals surface area contributed by atoms with Crippen LogP contribution in [0.5, 0.6) is 0 Å². The Kier molecular flexibility index (Phi) is 5.14. The molecule has 1 heterocycles. The molecule has 0 radical (unpaired) electrons. The van der Waals surface area contributed by atoms with Crippen LogP contribution in [0, 0.1) is 0 Å². The fraction of sp³-hybridized carbons (Fsp3) is 0.308. The molecular weight excluding hydrogens is 274 g/mol. The highest BCUT2D eigenvalue weighted by molar-refractivity contribution is 7.98. The number of para-hydroxylation sites is 1. The second kappa shape index (κ2) is 7.06. The van der Waals surface area contributed by atoms with Crippen LogP contribution in [0.1, 0.15) is 5.69 Å². The monoisotopic (exact) mass is 291 g/mol. The van der Waals surface area contributed by atoms with Gasteiger partial charge in [-0.25, -0.2) is 4.68 Å². The van der Waals surface area contributed by atoms with Crippen LogP contribution in [-0.4, -0.2) is 34.2 Å². The third-order valence-electron chi connectivity index (χ3n) is 2.63. The Labute approximate surface area is 121 Å². The molecule has 0 bridgehead atoms. The summed E-state index contributed by atoms with van der Waals surface area (Å²) in [5.74, 6) is -0.118. The number of rotatable bonds is 6. The Morgan fingerprint density at radius 3 is 2.95 bits per heavy atom. The zero-order chi connectivity index (χ0) is 14.4. The molecule has 1 aromatic heterocycles. The smallest absolute Gasteiger partial charge is 0.246 e. The SMILES string of the molecule is CNCc1cn(CC(=O)Nc2ccccc2SC)nn1. The van der Waals surface area contributed by atoms with Crippen molar-refractivity contribution in [1.29, 1.82) is 0 Å². The molecule has 0 spiro atoms. The van der Waals surface area contributed by atoms with Crippen molar-refractivity contribution in [3.05, 3.63) is 36.2 Å².